The lowest BCUT2D eigenvalue weighted by Gasteiger charge is -2.09. The lowest BCUT2D eigenvalue weighted by Crippen LogP contribution is -1.89. The topological polar surface area (TPSA) is 153 Å². The minimum Gasteiger partial charge on any atom is -0.457 e. The molecule has 53 heavy (non-hydrogen) atoms. The Kier molecular flexibility index (Phi) is 8.55. The molecule has 0 aliphatic heterocycles. The van der Waals surface area contributed by atoms with Crippen LogP contribution in [-0.2, 0) is 0 Å². The predicted molar refractivity (Wildman–Crippen MR) is 203 cm³/mol. The summed E-state index contributed by atoms with van der Waals surface area (Å²) in [5.41, 5.74) is 7.71. The summed E-state index contributed by atoms with van der Waals surface area (Å²) in [6, 6.07) is 47.5. The lowest BCUT2D eigenvalue weighted by atomic mass is 10.0. The molecule has 0 saturated carbocycles. The third-order valence-electron chi connectivity index (χ3n) is 8.68. The fourth-order valence-electron chi connectivity index (χ4n) is 6.10. The maximum absolute atomic E-state index is 11.4. The first kappa shape index (κ1) is 32.5. The van der Waals surface area contributed by atoms with Crippen molar-refractivity contribution < 1.29 is 14.6 Å². The van der Waals surface area contributed by atoms with Crippen molar-refractivity contribution in [2.75, 3.05) is 0 Å². The number of hydrogen-bond acceptors (Lipinski definition) is 7. The Balaban J connectivity index is 1.07. The molecule has 0 radical (unpaired) electrons. The highest BCUT2D eigenvalue weighted by molar-refractivity contribution is 5.83. The Hall–Kier alpha value is -7.66. The van der Waals surface area contributed by atoms with Crippen LogP contribution >= 0.6 is 0 Å². The van der Waals surface area contributed by atoms with E-state index < -0.39 is 9.85 Å². The number of non-ortho nitro benzene ring substituents is 2. The SMILES string of the molecule is O=[N+]([O-])c1cccc(-c2nc(-c3ccccc3)c(-c3ccc(Oc4ccc(-c5[nH]c(-c6cccc([N+](=O)[O-])c6)nc5-c5ccccc5)cc4)cc3)[nH]2)c1. The van der Waals surface area contributed by atoms with Gasteiger partial charge in [-0.1, -0.05) is 84.9 Å². The Morgan fingerprint density at radius 3 is 1.19 bits per heavy atom. The van der Waals surface area contributed by atoms with E-state index in [2.05, 4.69) is 9.97 Å². The van der Waals surface area contributed by atoms with Crippen LogP contribution in [-0.4, -0.2) is 29.8 Å². The zero-order valence-corrected chi connectivity index (χ0v) is 27.8. The van der Waals surface area contributed by atoms with Gasteiger partial charge in [-0.2, -0.15) is 0 Å². The van der Waals surface area contributed by atoms with Crippen LogP contribution in [0.1, 0.15) is 0 Å². The molecule has 0 fully saturated rings. The molecule has 0 saturated heterocycles. The second-order valence-corrected chi connectivity index (χ2v) is 12.1. The number of benzene rings is 6. The Bertz CT molecular complexity index is 2400. The predicted octanol–water partition coefficient (Wildman–Crippen LogP) is 10.7. The average molecular weight is 697 g/mol. The Labute approximate surface area is 302 Å². The summed E-state index contributed by atoms with van der Waals surface area (Å²) in [6.07, 6.45) is 0. The van der Waals surface area contributed by atoms with Crippen LogP contribution in [0.15, 0.2) is 158 Å². The molecule has 0 amide bonds. The van der Waals surface area contributed by atoms with Crippen molar-refractivity contribution in [1.82, 2.24) is 19.9 Å². The van der Waals surface area contributed by atoms with E-state index in [9.17, 15) is 20.2 Å². The molecule has 0 bridgehead atoms. The zero-order valence-electron chi connectivity index (χ0n) is 27.8. The summed E-state index contributed by atoms with van der Waals surface area (Å²) in [5, 5.41) is 22.9. The molecular formula is C42H28N6O5. The molecule has 0 unspecified atom stereocenters. The van der Waals surface area contributed by atoms with Gasteiger partial charge in [0.15, 0.2) is 0 Å². The van der Waals surface area contributed by atoms with Crippen LogP contribution in [0.25, 0.3) is 67.8 Å². The van der Waals surface area contributed by atoms with E-state index in [-0.39, 0.29) is 11.4 Å². The molecule has 11 nitrogen and oxygen atoms in total. The Morgan fingerprint density at radius 2 is 0.811 bits per heavy atom. The standard InChI is InChI=1S/C42H28N6O5/c49-47(50)33-15-7-13-31(25-33)41-43-37(27-9-3-1-4-10-27)39(45-41)29-17-21-35(22-18-29)53-36-23-19-30(20-24-36)40-38(28-11-5-2-6-12-28)44-42(46-40)32-14-8-16-34(26-32)48(51)52/h1-26H,(H,43,45)(H,44,46). The highest BCUT2D eigenvalue weighted by atomic mass is 16.6. The second-order valence-electron chi connectivity index (χ2n) is 12.1. The molecule has 11 heteroatoms. The number of rotatable bonds is 10. The van der Waals surface area contributed by atoms with Gasteiger partial charge in [-0.25, -0.2) is 9.97 Å². The summed E-state index contributed by atoms with van der Waals surface area (Å²) >= 11 is 0. The number of ether oxygens (including phenoxy) is 1. The monoisotopic (exact) mass is 696 g/mol. The van der Waals surface area contributed by atoms with Crippen molar-refractivity contribution in [3.63, 3.8) is 0 Å². The van der Waals surface area contributed by atoms with E-state index in [4.69, 9.17) is 14.7 Å². The lowest BCUT2D eigenvalue weighted by molar-refractivity contribution is -0.385. The molecule has 2 heterocycles. The van der Waals surface area contributed by atoms with Crippen molar-refractivity contribution in [2.45, 2.75) is 0 Å². The van der Waals surface area contributed by atoms with Gasteiger partial charge in [0.2, 0.25) is 0 Å². The van der Waals surface area contributed by atoms with E-state index in [1.165, 1.54) is 24.3 Å². The summed E-state index contributed by atoms with van der Waals surface area (Å²) in [7, 11) is 0. The molecule has 0 aliphatic carbocycles. The van der Waals surface area contributed by atoms with Gasteiger partial charge < -0.3 is 14.7 Å². The number of aromatic nitrogens is 4. The highest BCUT2D eigenvalue weighted by Crippen LogP contribution is 2.37. The van der Waals surface area contributed by atoms with Crippen LogP contribution in [0.4, 0.5) is 11.4 Å². The number of nitrogens with zero attached hydrogens (tertiary/aromatic N) is 4. The molecule has 0 aliphatic rings. The van der Waals surface area contributed by atoms with E-state index in [1.807, 2.05) is 109 Å². The first-order chi connectivity index (χ1) is 25.9. The molecular weight excluding hydrogens is 668 g/mol. The number of H-pyrrole nitrogens is 2. The van der Waals surface area contributed by atoms with Gasteiger partial charge in [-0.3, -0.25) is 20.2 Å². The van der Waals surface area contributed by atoms with Crippen molar-refractivity contribution in [1.29, 1.82) is 0 Å². The number of hydrogen-bond donors (Lipinski definition) is 2. The van der Waals surface area contributed by atoms with Crippen molar-refractivity contribution in [3.05, 3.63) is 178 Å². The van der Waals surface area contributed by atoms with E-state index >= 15 is 0 Å². The molecule has 8 aromatic rings. The smallest absolute Gasteiger partial charge is 0.270 e. The van der Waals surface area contributed by atoms with Crippen LogP contribution < -0.4 is 4.74 Å². The number of nitrogens with one attached hydrogen (secondary N) is 2. The molecule has 6 aromatic carbocycles. The van der Waals surface area contributed by atoms with Gasteiger partial charge >= 0.3 is 0 Å². The second kappa shape index (κ2) is 13.9. The Morgan fingerprint density at radius 1 is 0.434 bits per heavy atom. The fourth-order valence-corrected chi connectivity index (χ4v) is 6.10. The number of aromatic amines is 2. The third-order valence-corrected chi connectivity index (χ3v) is 8.68. The summed E-state index contributed by atoms with van der Waals surface area (Å²) in [5.74, 6) is 2.29. The molecule has 2 aromatic heterocycles. The molecule has 0 spiro atoms. The molecule has 2 N–H and O–H groups in total. The number of imidazole rings is 2. The molecule has 256 valence electrons. The quantitative estimate of drug-likeness (QED) is 0.107. The maximum Gasteiger partial charge on any atom is 0.270 e. The first-order valence-electron chi connectivity index (χ1n) is 16.6. The average Bonchev–Trinajstić information content (AvgIpc) is 3.86. The van der Waals surface area contributed by atoms with Gasteiger partial charge in [-0.15, -0.1) is 0 Å². The van der Waals surface area contributed by atoms with Gasteiger partial charge in [0.1, 0.15) is 23.1 Å². The molecule has 0 atom stereocenters. The van der Waals surface area contributed by atoms with Crippen LogP contribution in [0.5, 0.6) is 11.5 Å². The van der Waals surface area contributed by atoms with E-state index in [0.717, 1.165) is 45.0 Å². The van der Waals surface area contributed by atoms with E-state index in [0.29, 0.717) is 34.3 Å². The number of nitro benzene ring substituents is 2. The van der Waals surface area contributed by atoms with E-state index in [1.54, 1.807) is 24.3 Å². The summed E-state index contributed by atoms with van der Waals surface area (Å²) < 4.78 is 6.23. The molecule has 8 rings (SSSR count). The fraction of sp³-hybridized carbons (Fsp3) is 0. The van der Waals surface area contributed by atoms with Crippen molar-refractivity contribution in [2.24, 2.45) is 0 Å². The van der Waals surface area contributed by atoms with Crippen LogP contribution in [0.3, 0.4) is 0 Å². The minimum atomic E-state index is -0.421. The highest BCUT2D eigenvalue weighted by Gasteiger charge is 2.19. The summed E-state index contributed by atoms with van der Waals surface area (Å²) in [4.78, 5) is 38.5. The van der Waals surface area contributed by atoms with Gasteiger partial charge in [-0.05, 0) is 48.5 Å². The maximum atomic E-state index is 11.4. The number of nitro groups is 2. The minimum absolute atomic E-state index is 0.0114. The van der Waals surface area contributed by atoms with Gasteiger partial charge in [0, 0.05) is 57.6 Å². The normalized spacial score (nSPS) is 10.9. The largest absolute Gasteiger partial charge is 0.457 e. The zero-order chi connectivity index (χ0) is 36.3. The summed E-state index contributed by atoms with van der Waals surface area (Å²) in [6.45, 7) is 0. The van der Waals surface area contributed by atoms with Crippen molar-refractivity contribution >= 4 is 11.4 Å². The van der Waals surface area contributed by atoms with Crippen molar-refractivity contribution in [3.8, 4) is 79.3 Å². The van der Waals surface area contributed by atoms with Crippen LogP contribution in [0, 0.1) is 20.2 Å². The van der Waals surface area contributed by atoms with Gasteiger partial charge in [0.25, 0.3) is 11.4 Å². The third kappa shape index (κ3) is 6.77. The van der Waals surface area contributed by atoms with Gasteiger partial charge in [0.05, 0.1) is 32.6 Å². The van der Waals surface area contributed by atoms with Crippen LogP contribution in [0.2, 0.25) is 0 Å². The first-order valence-corrected chi connectivity index (χ1v) is 16.6.